The maximum atomic E-state index is 4.41. The van der Waals surface area contributed by atoms with E-state index in [0.717, 1.165) is 24.0 Å². The molecule has 0 aliphatic rings. The number of nitrogens with zero attached hydrogens (tertiary/aromatic N) is 3. The van der Waals surface area contributed by atoms with Crippen LogP contribution in [0.5, 0.6) is 0 Å². The molecule has 0 radical (unpaired) electrons. The normalized spacial score (nSPS) is 10.7. The molecule has 4 nitrogen and oxygen atoms in total. The molecule has 0 amide bonds. The van der Waals surface area contributed by atoms with Crippen molar-refractivity contribution < 1.29 is 0 Å². The molecule has 0 saturated heterocycles. The Morgan fingerprint density at radius 1 is 1.00 bits per heavy atom. The Balaban J connectivity index is 1.67. The van der Waals surface area contributed by atoms with E-state index in [9.17, 15) is 0 Å². The highest BCUT2D eigenvalue weighted by Crippen LogP contribution is 2.11. The van der Waals surface area contributed by atoms with Gasteiger partial charge in [-0.3, -0.25) is 0 Å². The molecular weight excluding hydrogens is 244 g/mol. The molecule has 2 heterocycles. The van der Waals surface area contributed by atoms with Gasteiger partial charge in [-0.25, -0.2) is 4.98 Å². The van der Waals surface area contributed by atoms with E-state index in [1.54, 1.807) is 11.3 Å². The van der Waals surface area contributed by atoms with E-state index in [-0.39, 0.29) is 0 Å². The minimum atomic E-state index is 0.588. The summed E-state index contributed by atoms with van der Waals surface area (Å²) in [7, 11) is 0. The second-order valence-electron chi connectivity index (χ2n) is 3.88. The van der Waals surface area contributed by atoms with E-state index in [1.165, 1.54) is 4.88 Å². The molecule has 18 heavy (non-hydrogen) atoms. The number of nitrogens with one attached hydrogen (secondary N) is 1. The van der Waals surface area contributed by atoms with Crippen LogP contribution in [0.3, 0.4) is 0 Å². The van der Waals surface area contributed by atoms with E-state index in [4.69, 9.17) is 0 Å². The van der Waals surface area contributed by atoms with Gasteiger partial charge in [0.25, 0.3) is 0 Å². The highest BCUT2D eigenvalue weighted by atomic mass is 32.1. The first-order chi connectivity index (χ1) is 8.92. The maximum Gasteiger partial charge on any atom is 0.243 e. The van der Waals surface area contributed by atoms with Gasteiger partial charge in [-0.05, 0) is 30.0 Å². The second-order valence-corrected chi connectivity index (χ2v) is 4.91. The molecule has 0 unspecified atom stereocenters. The van der Waals surface area contributed by atoms with Gasteiger partial charge < -0.3 is 5.32 Å². The molecule has 0 saturated carbocycles. The minimum Gasteiger partial charge on any atom is -0.353 e. The molecule has 1 N–H and O–H groups in total. The molecule has 1 aromatic carbocycles. The zero-order chi connectivity index (χ0) is 12.2. The van der Waals surface area contributed by atoms with Crippen LogP contribution in [-0.2, 0) is 6.42 Å². The van der Waals surface area contributed by atoms with Crippen molar-refractivity contribution in [2.24, 2.45) is 0 Å². The summed E-state index contributed by atoms with van der Waals surface area (Å²) in [4.78, 5) is 5.77. The second kappa shape index (κ2) is 5.10. The molecule has 0 bridgehead atoms. The number of para-hydroxylation sites is 1. The zero-order valence-electron chi connectivity index (χ0n) is 9.71. The molecule has 0 fully saturated rings. The standard InChI is InChI=1S/C13H12N4S/c1-2-6-12-11(5-1)15-13(17-16-12)14-8-7-10-4-3-9-18-10/h1-6,9H,7-8H2,(H,14,15,17). The molecule has 0 spiro atoms. The lowest BCUT2D eigenvalue weighted by Gasteiger charge is -2.03. The largest absolute Gasteiger partial charge is 0.353 e. The molecule has 2 aromatic heterocycles. The average Bonchev–Trinajstić information content (AvgIpc) is 2.92. The van der Waals surface area contributed by atoms with Gasteiger partial charge in [-0.15, -0.1) is 21.5 Å². The Labute approximate surface area is 109 Å². The van der Waals surface area contributed by atoms with Gasteiger partial charge in [0.1, 0.15) is 5.52 Å². The third-order valence-electron chi connectivity index (χ3n) is 2.60. The molecule has 0 aliphatic heterocycles. The molecule has 0 atom stereocenters. The summed E-state index contributed by atoms with van der Waals surface area (Å²) in [5, 5.41) is 13.5. The van der Waals surface area contributed by atoms with Crippen LogP contribution in [0.1, 0.15) is 4.88 Å². The minimum absolute atomic E-state index is 0.588. The van der Waals surface area contributed by atoms with E-state index < -0.39 is 0 Å². The Hall–Kier alpha value is -2.01. The number of rotatable bonds is 4. The van der Waals surface area contributed by atoms with Crippen LogP contribution < -0.4 is 5.32 Å². The lowest BCUT2D eigenvalue weighted by Crippen LogP contribution is -2.08. The van der Waals surface area contributed by atoms with Crippen LogP contribution in [0.25, 0.3) is 11.0 Å². The number of hydrogen-bond acceptors (Lipinski definition) is 5. The smallest absolute Gasteiger partial charge is 0.243 e. The van der Waals surface area contributed by atoms with Crippen molar-refractivity contribution in [1.29, 1.82) is 0 Å². The SMILES string of the molecule is c1csc(CCNc2nnc3ccccc3n2)c1. The third kappa shape index (κ3) is 2.46. The average molecular weight is 256 g/mol. The summed E-state index contributed by atoms with van der Waals surface area (Å²) >= 11 is 1.76. The van der Waals surface area contributed by atoms with Gasteiger partial charge in [-0.2, -0.15) is 0 Å². The summed E-state index contributed by atoms with van der Waals surface area (Å²) < 4.78 is 0. The maximum absolute atomic E-state index is 4.41. The summed E-state index contributed by atoms with van der Waals surface area (Å²) in [6.45, 7) is 0.820. The first kappa shape index (κ1) is 11.1. The van der Waals surface area contributed by atoms with E-state index in [1.807, 2.05) is 24.3 Å². The van der Waals surface area contributed by atoms with Crippen molar-refractivity contribution in [2.45, 2.75) is 6.42 Å². The van der Waals surface area contributed by atoms with Crippen molar-refractivity contribution in [3.8, 4) is 0 Å². The van der Waals surface area contributed by atoms with Gasteiger partial charge in [0.2, 0.25) is 5.95 Å². The van der Waals surface area contributed by atoms with Crippen molar-refractivity contribution >= 4 is 28.3 Å². The summed E-state index contributed by atoms with van der Waals surface area (Å²) in [5.74, 6) is 0.588. The van der Waals surface area contributed by atoms with E-state index in [2.05, 4.69) is 38.0 Å². The summed E-state index contributed by atoms with van der Waals surface area (Å²) in [6, 6.07) is 11.9. The molecule has 90 valence electrons. The predicted octanol–water partition coefficient (Wildman–Crippen LogP) is 2.74. The monoisotopic (exact) mass is 256 g/mol. The van der Waals surface area contributed by atoms with Crippen LogP contribution >= 0.6 is 11.3 Å². The van der Waals surface area contributed by atoms with E-state index in [0.29, 0.717) is 5.95 Å². The third-order valence-corrected chi connectivity index (χ3v) is 3.53. The van der Waals surface area contributed by atoms with Gasteiger partial charge in [0, 0.05) is 11.4 Å². The predicted molar refractivity (Wildman–Crippen MR) is 73.8 cm³/mol. The van der Waals surface area contributed by atoms with E-state index >= 15 is 0 Å². The van der Waals surface area contributed by atoms with Gasteiger partial charge >= 0.3 is 0 Å². The Morgan fingerprint density at radius 3 is 2.72 bits per heavy atom. The zero-order valence-corrected chi connectivity index (χ0v) is 10.5. The van der Waals surface area contributed by atoms with Crippen molar-refractivity contribution in [3.05, 3.63) is 46.7 Å². The van der Waals surface area contributed by atoms with Crippen molar-refractivity contribution in [2.75, 3.05) is 11.9 Å². The molecule has 5 heteroatoms. The van der Waals surface area contributed by atoms with Crippen molar-refractivity contribution in [3.63, 3.8) is 0 Å². The van der Waals surface area contributed by atoms with Crippen LogP contribution in [0, 0.1) is 0 Å². The first-order valence-corrected chi connectivity index (χ1v) is 6.65. The van der Waals surface area contributed by atoms with Gasteiger partial charge in [-0.1, -0.05) is 18.2 Å². The molecule has 3 rings (SSSR count). The fraction of sp³-hybridized carbons (Fsp3) is 0.154. The van der Waals surface area contributed by atoms with Crippen LogP contribution in [0.15, 0.2) is 41.8 Å². The number of aromatic nitrogens is 3. The van der Waals surface area contributed by atoms with Crippen LogP contribution in [0.2, 0.25) is 0 Å². The molecular formula is C13H12N4S. The van der Waals surface area contributed by atoms with Gasteiger partial charge in [0.05, 0.1) is 5.52 Å². The van der Waals surface area contributed by atoms with Crippen molar-refractivity contribution in [1.82, 2.24) is 15.2 Å². The molecule has 3 aromatic rings. The highest BCUT2D eigenvalue weighted by Gasteiger charge is 2.00. The topological polar surface area (TPSA) is 50.7 Å². The summed E-state index contributed by atoms with van der Waals surface area (Å²) in [5.41, 5.74) is 1.69. The summed E-state index contributed by atoms with van der Waals surface area (Å²) in [6.07, 6.45) is 0.980. The lowest BCUT2D eigenvalue weighted by molar-refractivity contribution is 0.961. The number of benzene rings is 1. The fourth-order valence-electron chi connectivity index (χ4n) is 1.71. The number of anilines is 1. The van der Waals surface area contributed by atoms with Crippen LogP contribution in [0.4, 0.5) is 5.95 Å². The number of thiophene rings is 1. The van der Waals surface area contributed by atoms with Gasteiger partial charge in [0.15, 0.2) is 0 Å². The fourth-order valence-corrected chi connectivity index (χ4v) is 2.42. The first-order valence-electron chi connectivity index (χ1n) is 5.77. The molecule has 0 aliphatic carbocycles. The lowest BCUT2D eigenvalue weighted by atomic mass is 10.3. The number of hydrogen-bond donors (Lipinski definition) is 1. The number of fused-ring (bicyclic) bond motifs is 1. The quantitative estimate of drug-likeness (QED) is 0.779. The Bertz CT molecular complexity index is 636. The highest BCUT2D eigenvalue weighted by molar-refractivity contribution is 7.09. The van der Waals surface area contributed by atoms with Crippen LogP contribution in [-0.4, -0.2) is 21.7 Å². The Kier molecular flexibility index (Phi) is 3.14. The Morgan fingerprint density at radius 2 is 1.89 bits per heavy atom.